The number of hydrogen-bond acceptors (Lipinski definition) is 5. The summed E-state index contributed by atoms with van der Waals surface area (Å²) in [5.41, 5.74) is 3.83. The molecule has 1 aromatic carbocycles. The molecule has 0 heterocycles. The number of carbonyl (C=O) groups excluding carboxylic acids is 3. The Labute approximate surface area is 149 Å². The van der Waals surface area contributed by atoms with E-state index in [-0.39, 0.29) is 19.5 Å². The molecule has 0 radical (unpaired) electrons. The van der Waals surface area contributed by atoms with E-state index in [0.29, 0.717) is 12.3 Å². The van der Waals surface area contributed by atoms with Crippen molar-refractivity contribution < 1.29 is 19.1 Å². The van der Waals surface area contributed by atoms with Crippen LogP contribution >= 0.6 is 0 Å². The van der Waals surface area contributed by atoms with Gasteiger partial charge in [0, 0.05) is 6.92 Å². The predicted octanol–water partition coefficient (Wildman–Crippen LogP) is 4.05. The average Bonchev–Trinajstić information content (AvgIpc) is 2.57. The largest absolute Gasteiger partial charge is 0.461 e. The van der Waals surface area contributed by atoms with Gasteiger partial charge in [-0.2, -0.15) is 9.59 Å². The molecule has 0 amide bonds. The molecule has 1 aliphatic carbocycles. The van der Waals surface area contributed by atoms with Crippen molar-refractivity contribution in [3.63, 3.8) is 0 Å². The molecule has 1 aliphatic rings. The molecule has 5 heteroatoms. The summed E-state index contributed by atoms with van der Waals surface area (Å²) in [7, 11) is 0. The second kappa shape index (κ2) is 14.5. The van der Waals surface area contributed by atoms with Crippen molar-refractivity contribution in [2.75, 3.05) is 0 Å². The van der Waals surface area contributed by atoms with Gasteiger partial charge in [-0.15, -0.1) is 0 Å². The van der Waals surface area contributed by atoms with E-state index in [1.54, 1.807) is 12.2 Å². The normalized spacial score (nSPS) is 11.0. The molecule has 1 aromatic rings. The van der Waals surface area contributed by atoms with Crippen LogP contribution in [-0.4, -0.2) is 17.8 Å². The second-order valence-electron chi connectivity index (χ2n) is 4.73. The number of carbonyl (C=O) groups is 1. The number of benzene rings is 1. The minimum absolute atomic E-state index is 0. The van der Waals surface area contributed by atoms with Gasteiger partial charge in [-0.1, -0.05) is 57.3 Å². The van der Waals surface area contributed by atoms with Crippen LogP contribution < -0.4 is 0 Å². The maximum Gasteiger partial charge on any atom is 0.373 e. The lowest BCUT2D eigenvalue weighted by Gasteiger charge is -2.02. The van der Waals surface area contributed by atoms with Gasteiger partial charge in [-0.25, -0.2) is 0 Å². The van der Waals surface area contributed by atoms with E-state index in [0.717, 1.165) is 17.6 Å². The molecule has 0 saturated heterocycles. The zero-order valence-electron chi connectivity index (χ0n) is 13.9. The second-order valence-corrected chi connectivity index (χ2v) is 4.73. The Hall–Kier alpha value is -3.04. The summed E-state index contributed by atoms with van der Waals surface area (Å²) in [6, 6.07) is 8.08. The standard InChI is InChI=1S/C11H14O2.C7H7N.CO2.CH4/c1-3-10-4-6-11(7-5-10)8-13-9(2)12;1-6-2-4-7(8)5-3-6;2-1-3;/h4-7H,3,8H2,1-2H3;2-5,8H,1H2;;1H4. The Balaban J connectivity index is 0. The fourth-order valence-corrected chi connectivity index (χ4v) is 1.56. The first kappa shape index (κ1) is 24.2. The Morgan fingerprint density at radius 3 is 1.88 bits per heavy atom. The molecule has 25 heavy (non-hydrogen) atoms. The summed E-state index contributed by atoms with van der Waals surface area (Å²) >= 11 is 0. The van der Waals surface area contributed by atoms with Crippen molar-refractivity contribution in [2.45, 2.75) is 34.3 Å². The molecule has 0 saturated carbocycles. The van der Waals surface area contributed by atoms with E-state index in [2.05, 4.69) is 25.6 Å². The van der Waals surface area contributed by atoms with Crippen molar-refractivity contribution in [1.82, 2.24) is 0 Å². The Morgan fingerprint density at radius 2 is 1.52 bits per heavy atom. The first-order valence-electron chi connectivity index (χ1n) is 7.27. The maximum atomic E-state index is 10.5. The number of allylic oxidation sites excluding steroid dienone is 5. The van der Waals surface area contributed by atoms with Crippen LogP contribution in [0.25, 0.3) is 0 Å². The highest BCUT2D eigenvalue weighted by Crippen LogP contribution is 2.06. The van der Waals surface area contributed by atoms with Crippen LogP contribution in [-0.2, 0) is 32.1 Å². The van der Waals surface area contributed by atoms with Crippen LogP contribution in [0.3, 0.4) is 0 Å². The molecule has 0 spiro atoms. The number of nitrogens with one attached hydrogen (secondary N) is 1. The summed E-state index contributed by atoms with van der Waals surface area (Å²) in [5, 5.41) is 7.06. The monoisotopic (exact) mass is 343 g/mol. The molecule has 0 bridgehead atoms. The van der Waals surface area contributed by atoms with Crippen molar-refractivity contribution in [3.8, 4) is 0 Å². The third-order valence-electron chi connectivity index (χ3n) is 2.83. The van der Waals surface area contributed by atoms with E-state index < -0.39 is 0 Å². The topological polar surface area (TPSA) is 84.3 Å². The summed E-state index contributed by atoms with van der Waals surface area (Å²) in [5.74, 6) is -0.237. The van der Waals surface area contributed by atoms with Gasteiger partial charge >= 0.3 is 12.1 Å². The molecule has 2 rings (SSSR count). The van der Waals surface area contributed by atoms with Crippen LogP contribution in [0.2, 0.25) is 0 Å². The molecule has 0 aromatic heterocycles. The molecule has 5 nitrogen and oxygen atoms in total. The lowest BCUT2D eigenvalue weighted by molar-refractivity contribution is -0.191. The van der Waals surface area contributed by atoms with Crippen LogP contribution in [0, 0.1) is 5.41 Å². The van der Waals surface area contributed by atoms with E-state index >= 15 is 0 Å². The summed E-state index contributed by atoms with van der Waals surface area (Å²) in [6.07, 6.45) is 8.38. The molecule has 1 N–H and O–H groups in total. The molecular formula is C20H25NO4. The average molecular weight is 343 g/mol. The molecule has 134 valence electrons. The zero-order valence-corrected chi connectivity index (χ0v) is 13.9. The molecular weight excluding hydrogens is 318 g/mol. The Morgan fingerprint density at radius 1 is 1.08 bits per heavy atom. The highest BCUT2D eigenvalue weighted by atomic mass is 16.5. The molecule has 0 aliphatic heterocycles. The summed E-state index contributed by atoms with van der Waals surface area (Å²) < 4.78 is 4.86. The highest BCUT2D eigenvalue weighted by molar-refractivity contribution is 6.03. The number of rotatable bonds is 3. The van der Waals surface area contributed by atoms with Gasteiger partial charge < -0.3 is 10.1 Å². The molecule has 0 atom stereocenters. The van der Waals surface area contributed by atoms with Gasteiger partial charge in [0.1, 0.15) is 6.61 Å². The molecule has 0 unspecified atom stereocenters. The number of aryl methyl sites for hydroxylation is 1. The number of hydrogen-bond donors (Lipinski definition) is 1. The lowest BCUT2D eigenvalue weighted by atomic mass is 10.1. The smallest absolute Gasteiger partial charge is 0.373 e. The first-order chi connectivity index (χ1) is 11.4. The first-order valence-corrected chi connectivity index (χ1v) is 7.27. The van der Waals surface area contributed by atoms with E-state index in [1.165, 1.54) is 12.5 Å². The van der Waals surface area contributed by atoms with Crippen LogP contribution in [0.15, 0.2) is 60.7 Å². The van der Waals surface area contributed by atoms with Gasteiger partial charge in [0.15, 0.2) is 0 Å². The fraction of sp³-hybridized carbons (Fsp3) is 0.250. The molecule has 0 fully saturated rings. The van der Waals surface area contributed by atoms with Crippen LogP contribution in [0.4, 0.5) is 0 Å². The fourth-order valence-electron chi connectivity index (χ4n) is 1.56. The van der Waals surface area contributed by atoms with Gasteiger partial charge in [-0.3, -0.25) is 4.79 Å². The lowest BCUT2D eigenvalue weighted by Crippen LogP contribution is -1.98. The number of ether oxygens (including phenoxy) is 1. The van der Waals surface area contributed by atoms with Crippen molar-refractivity contribution >= 4 is 17.8 Å². The predicted molar refractivity (Wildman–Crippen MR) is 98.2 cm³/mol. The van der Waals surface area contributed by atoms with Crippen molar-refractivity contribution in [2.24, 2.45) is 0 Å². The minimum Gasteiger partial charge on any atom is -0.461 e. The van der Waals surface area contributed by atoms with Gasteiger partial charge in [0.05, 0.1) is 5.71 Å². The number of esters is 1. The van der Waals surface area contributed by atoms with Crippen LogP contribution in [0.1, 0.15) is 32.4 Å². The maximum absolute atomic E-state index is 10.5. The third-order valence-corrected chi connectivity index (χ3v) is 2.83. The quantitative estimate of drug-likeness (QED) is 0.839. The summed E-state index contributed by atoms with van der Waals surface area (Å²) in [4.78, 5) is 26.8. The zero-order chi connectivity index (χ0) is 18.4. The van der Waals surface area contributed by atoms with Gasteiger partial charge in [0.25, 0.3) is 0 Å². The summed E-state index contributed by atoms with van der Waals surface area (Å²) in [6.45, 7) is 7.58. The van der Waals surface area contributed by atoms with Crippen LogP contribution in [0.5, 0.6) is 0 Å². The van der Waals surface area contributed by atoms with Gasteiger partial charge in [-0.05, 0) is 35.3 Å². The van der Waals surface area contributed by atoms with E-state index in [9.17, 15) is 4.79 Å². The van der Waals surface area contributed by atoms with Gasteiger partial charge in [0.2, 0.25) is 0 Å². The van der Waals surface area contributed by atoms with Crippen molar-refractivity contribution in [1.29, 1.82) is 5.41 Å². The third kappa shape index (κ3) is 13.1. The SMILES string of the molecule is C.C=C1C=CC(=N)C=C1.CCc1ccc(COC(C)=O)cc1.O=C=O. The van der Waals surface area contributed by atoms with Crippen molar-refractivity contribution in [3.05, 3.63) is 71.8 Å². The highest BCUT2D eigenvalue weighted by Gasteiger charge is 1.95. The van der Waals surface area contributed by atoms with E-state index in [4.69, 9.17) is 19.7 Å². The minimum atomic E-state index is -0.237. The van der Waals surface area contributed by atoms with E-state index in [1.807, 2.05) is 24.3 Å². The Kier molecular flexibility index (Phi) is 14.1. The Bertz CT molecular complexity index is 611.